The van der Waals surface area contributed by atoms with Crippen molar-refractivity contribution in [1.29, 1.82) is 0 Å². The van der Waals surface area contributed by atoms with Gasteiger partial charge in [-0.2, -0.15) is 0 Å². The van der Waals surface area contributed by atoms with Gasteiger partial charge in [-0.3, -0.25) is 9.98 Å². The van der Waals surface area contributed by atoms with Gasteiger partial charge in [-0.1, -0.05) is 6.07 Å². The van der Waals surface area contributed by atoms with Gasteiger partial charge in [0.2, 0.25) is 0 Å². The lowest BCUT2D eigenvalue weighted by Gasteiger charge is -2.05. The summed E-state index contributed by atoms with van der Waals surface area (Å²) >= 11 is 0. The molecule has 0 unspecified atom stereocenters. The second-order valence-corrected chi connectivity index (χ2v) is 4.55. The highest BCUT2D eigenvalue weighted by molar-refractivity contribution is 6.00. The van der Waals surface area contributed by atoms with Crippen LogP contribution in [0.1, 0.15) is 25.2 Å². The first-order chi connectivity index (χ1) is 9.69. The number of aliphatic imine (C=N–C) groups is 2. The van der Waals surface area contributed by atoms with Crippen molar-refractivity contribution in [3.63, 3.8) is 0 Å². The Hall–Kier alpha value is -1.59. The minimum Gasteiger partial charge on any atom is -0.318 e. The molecule has 1 heterocycles. The van der Waals surface area contributed by atoms with Crippen molar-refractivity contribution in [2.24, 2.45) is 9.98 Å². The highest BCUT2D eigenvalue weighted by Crippen LogP contribution is 2.03. The summed E-state index contributed by atoms with van der Waals surface area (Å²) in [7, 11) is 3.85. The molecule has 0 spiro atoms. The molecule has 5 heteroatoms. The molecule has 0 atom stereocenters. The molecule has 1 aromatic rings. The molecule has 0 amide bonds. The van der Waals surface area contributed by atoms with Crippen LogP contribution in [0.2, 0.25) is 0 Å². The third-order valence-corrected chi connectivity index (χ3v) is 2.91. The lowest BCUT2D eigenvalue weighted by atomic mass is 10.2. The van der Waals surface area contributed by atoms with Crippen LogP contribution < -0.4 is 10.6 Å². The van der Waals surface area contributed by atoms with E-state index in [9.17, 15) is 0 Å². The summed E-state index contributed by atoms with van der Waals surface area (Å²) < 4.78 is 0. The number of likely N-dealkylation sites (N-methyl/N-ethyl adjacent to an activating group) is 2. The van der Waals surface area contributed by atoms with Crippen molar-refractivity contribution in [1.82, 2.24) is 15.6 Å². The van der Waals surface area contributed by atoms with Gasteiger partial charge in [-0.05, 0) is 40.1 Å². The van der Waals surface area contributed by atoms with Gasteiger partial charge in [0.1, 0.15) is 0 Å². The lowest BCUT2D eigenvalue weighted by molar-refractivity contribution is 0.801. The smallest absolute Gasteiger partial charge is 0.0845 e. The molecule has 1 aromatic heterocycles. The summed E-state index contributed by atoms with van der Waals surface area (Å²) in [5, 5.41) is 6.16. The van der Waals surface area contributed by atoms with E-state index in [4.69, 9.17) is 0 Å². The molecule has 110 valence electrons. The van der Waals surface area contributed by atoms with Gasteiger partial charge in [-0.25, -0.2) is 4.98 Å². The van der Waals surface area contributed by atoms with E-state index in [0.29, 0.717) is 0 Å². The number of hydrogen-bond acceptors (Lipinski definition) is 5. The van der Waals surface area contributed by atoms with E-state index in [1.54, 1.807) is 0 Å². The average molecular weight is 275 g/mol. The summed E-state index contributed by atoms with van der Waals surface area (Å²) in [5.41, 5.74) is 3.76. The van der Waals surface area contributed by atoms with E-state index in [-0.39, 0.29) is 0 Å². The van der Waals surface area contributed by atoms with Crippen LogP contribution in [0, 0.1) is 0 Å². The fourth-order valence-electron chi connectivity index (χ4n) is 1.67. The average Bonchev–Trinajstić information content (AvgIpc) is 2.47. The Balaban J connectivity index is 2.79. The molecule has 1 rings (SSSR count). The number of hydrogen-bond donors (Lipinski definition) is 2. The summed E-state index contributed by atoms with van der Waals surface area (Å²) in [6, 6.07) is 5.98. The van der Waals surface area contributed by atoms with Crippen LogP contribution in [-0.4, -0.2) is 56.7 Å². The zero-order valence-corrected chi connectivity index (χ0v) is 12.9. The highest BCUT2D eigenvalue weighted by Gasteiger charge is 2.03. The molecular weight excluding hydrogens is 250 g/mol. The van der Waals surface area contributed by atoms with Crippen LogP contribution in [0.25, 0.3) is 0 Å². The summed E-state index contributed by atoms with van der Waals surface area (Å²) in [6.45, 7) is 7.28. The van der Waals surface area contributed by atoms with Gasteiger partial charge in [-0.15, -0.1) is 0 Å². The Morgan fingerprint density at radius 2 is 1.40 bits per heavy atom. The second kappa shape index (κ2) is 9.34. The van der Waals surface area contributed by atoms with Crippen LogP contribution >= 0.6 is 0 Å². The van der Waals surface area contributed by atoms with Crippen molar-refractivity contribution in [3.05, 3.63) is 29.6 Å². The normalized spacial score (nSPS) is 12.8. The number of pyridine rings is 1. The molecule has 0 fully saturated rings. The number of aromatic nitrogens is 1. The van der Waals surface area contributed by atoms with E-state index in [2.05, 4.69) is 25.6 Å². The van der Waals surface area contributed by atoms with Crippen LogP contribution in [-0.2, 0) is 0 Å². The largest absolute Gasteiger partial charge is 0.318 e. The molecule has 5 nitrogen and oxygen atoms in total. The maximum atomic E-state index is 4.63. The van der Waals surface area contributed by atoms with E-state index < -0.39 is 0 Å². The lowest BCUT2D eigenvalue weighted by Crippen LogP contribution is -2.13. The Kier molecular flexibility index (Phi) is 7.69. The molecule has 2 N–H and O–H groups in total. The van der Waals surface area contributed by atoms with Gasteiger partial charge >= 0.3 is 0 Å². The molecule has 0 bridgehead atoms. The van der Waals surface area contributed by atoms with Crippen molar-refractivity contribution < 1.29 is 0 Å². The summed E-state index contributed by atoms with van der Waals surface area (Å²) in [4.78, 5) is 13.6. The predicted molar refractivity (Wildman–Crippen MR) is 86.2 cm³/mol. The second-order valence-electron chi connectivity index (χ2n) is 4.55. The first kappa shape index (κ1) is 16.5. The standard InChI is InChI=1S/C15H25N5/c1-12(18-10-8-16-3)14-6-5-7-15(20-14)13(2)19-11-9-17-4/h5-7,16-17H,8-11H2,1-4H3. The van der Waals surface area contributed by atoms with E-state index in [1.807, 2.05) is 46.1 Å². The maximum Gasteiger partial charge on any atom is 0.0845 e. The Morgan fingerprint density at radius 3 is 1.80 bits per heavy atom. The molecule has 0 aliphatic heterocycles. The summed E-state index contributed by atoms with van der Waals surface area (Å²) in [5.74, 6) is 0. The van der Waals surface area contributed by atoms with Gasteiger partial charge in [0, 0.05) is 13.1 Å². The van der Waals surface area contributed by atoms with Gasteiger partial charge in [0.05, 0.1) is 35.9 Å². The van der Waals surface area contributed by atoms with Crippen LogP contribution in [0.3, 0.4) is 0 Å². The Labute approximate surface area is 121 Å². The molecule has 0 aliphatic rings. The topological polar surface area (TPSA) is 61.7 Å². The molecular formula is C15H25N5. The van der Waals surface area contributed by atoms with Crippen molar-refractivity contribution >= 4 is 11.4 Å². The van der Waals surface area contributed by atoms with E-state index >= 15 is 0 Å². The van der Waals surface area contributed by atoms with Gasteiger partial charge in [0.25, 0.3) is 0 Å². The fourth-order valence-corrected chi connectivity index (χ4v) is 1.67. The third-order valence-electron chi connectivity index (χ3n) is 2.91. The quantitative estimate of drug-likeness (QED) is 0.552. The van der Waals surface area contributed by atoms with Crippen molar-refractivity contribution in [2.75, 3.05) is 40.3 Å². The Morgan fingerprint density at radius 1 is 0.950 bits per heavy atom. The number of rotatable bonds is 8. The van der Waals surface area contributed by atoms with Gasteiger partial charge in [0.15, 0.2) is 0 Å². The van der Waals surface area contributed by atoms with E-state index in [1.165, 1.54) is 0 Å². The Bertz CT molecular complexity index is 426. The van der Waals surface area contributed by atoms with Crippen LogP contribution in [0.15, 0.2) is 28.2 Å². The predicted octanol–water partition coefficient (Wildman–Crippen LogP) is 1.14. The monoisotopic (exact) mass is 275 g/mol. The number of nitrogens with zero attached hydrogens (tertiary/aromatic N) is 3. The van der Waals surface area contributed by atoms with Crippen molar-refractivity contribution in [2.45, 2.75) is 13.8 Å². The molecule has 0 aliphatic carbocycles. The highest BCUT2D eigenvalue weighted by atomic mass is 14.9. The van der Waals surface area contributed by atoms with Gasteiger partial charge < -0.3 is 10.6 Å². The number of nitrogens with one attached hydrogen (secondary N) is 2. The summed E-state index contributed by atoms with van der Waals surface area (Å²) in [6.07, 6.45) is 0. The first-order valence-electron chi connectivity index (χ1n) is 6.98. The zero-order chi connectivity index (χ0) is 14.8. The zero-order valence-electron chi connectivity index (χ0n) is 12.9. The maximum absolute atomic E-state index is 4.63. The third kappa shape index (κ3) is 5.59. The first-order valence-corrected chi connectivity index (χ1v) is 6.98. The fraction of sp³-hybridized carbons (Fsp3) is 0.533. The minimum atomic E-state index is 0.767. The molecule has 0 aromatic carbocycles. The molecule has 20 heavy (non-hydrogen) atoms. The van der Waals surface area contributed by atoms with E-state index in [0.717, 1.165) is 49.0 Å². The van der Waals surface area contributed by atoms with Crippen LogP contribution in [0.5, 0.6) is 0 Å². The van der Waals surface area contributed by atoms with Crippen LogP contribution in [0.4, 0.5) is 0 Å². The SMILES string of the molecule is CNCCN=C(C)c1cccc(C(C)=NCCNC)n1. The molecule has 0 radical (unpaired) electrons. The van der Waals surface area contributed by atoms with Crippen molar-refractivity contribution in [3.8, 4) is 0 Å². The molecule has 0 saturated carbocycles. The molecule has 0 saturated heterocycles. The minimum absolute atomic E-state index is 0.767.